The molecule has 0 amide bonds. The van der Waals surface area contributed by atoms with E-state index in [1.54, 1.807) is 0 Å². The molecule has 0 unspecified atom stereocenters. The molecule has 0 saturated carbocycles. The van der Waals surface area contributed by atoms with E-state index < -0.39 is 0 Å². The quantitative estimate of drug-likeness (QED) is 0.0259. The molecule has 2 aliphatic heterocycles. The number of nitrogens with one attached hydrogen (secondary N) is 2. The number of hydrogen-bond donors (Lipinski definition) is 6. The van der Waals surface area contributed by atoms with Gasteiger partial charge in [-0.2, -0.15) is 50.5 Å². The van der Waals surface area contributed by atoms with Crippen molar-refractivity contribution in [2.45, 2.75) is 25.7 Å². The minimum absolute atomic E-state index is 0. The summed E-state index contributed by atoms with van der Waals surface area (Å²) in [7, 11) is 0. The number of aromatic nitrogens is 4. The van der Waals surface area contributed by atoms with E-state index in [9.17, 15) is 0 Å². The fourth-order valence-corrected chi connectivity index (χ4v) is 8.83. The molecule has 13 heteroatoms. The van der Waals surface area contributed by atoms with Crippen molar-refractivity contribution >= 4 is 96.9 Å². The van der Waals surface area contributed by atoms with E-state index in [1.807, 2.05) is 48.5 Å². The fourth-order valence-electron chi connectivity index (χ4n) is 8.31. The number of thiol groups is 4. The Morgan fingerprint density at radius 2 is 0.551 bits per heavy atom. The van der Waals surface area contributed by atoms with E-state index in [2.05, 4.69) is 158 Å². The monoisotopic (exact) mass is 1030 g/mol. The van der Waals surface area contributed by atoms with Crippen LogP contribution in [0.25, 0.3) is 90.9 Å². The smallest absolute Gasteiger partial charge is 0.494 e. The van der Waals surface area contributed by atoms with Gasteiger partial charge in [-0.05, 0) is 168 Å². The van der Waals surface area contributed by atoms with Crippen LogP contribution in [0.1, 0.15) is 49.9 Å². The van der Waals surface area contributed by atoms with Crippen LogP contribution in [0.4, 0.5) is 0 Å². The summed E-state index contributed by atoms with van der Waals surface area (Å²) in [5.74, 6) is 6.29. The SMILES string of the molecule is SCCCOc1ccc(-c2c3nc(c(-c4ccc(OCCCS)cc4)c4ccc([nH]4)c(-c4ccc(OCCCS)cc4)c4nc(c(-c5ccc(OCCCS)cc5)c5ccc2[nH]5)C=C4)C=C3)cc1.[H+].[Ni]. The van der Waals surface area contributed by atoms with Gasteiger partial charge in [-0.1, -0.05) is 48.5 Å². The van der Waals surface area contributed by atoms with Crippen LogP contribution in [0.15, 0.2) is 121 Å². The van der Waals surface area contributed by atoms with Gasteiger partial charge in [-0.3, -0.25) is 0 Å². The van der Waals surface area contributed by atoms with Crippen LogP contribution in [0.3, 0.4) is 0 Å². The van der Waals surface area contributed by atoms with E-state index in [-0.39, 0.29) is 17.9 Å². The Hall–Kier alpha value is -5.43. The Kier molecular flexibility index (Phi) is 17.7. The molecule has 8 nitrogen and oxygen atoms in total. The van der Waals surface area contributed by atoms with Gasteiger partial charge in [0.25, 0.3) is 0 Å². The van der Waals surface area contributed by atoms with E-state index in [0.717, 1.165) is 161 Å². The van der Waals surface area contributed by atoms with Crippen molar-refractivity contribution in [3.8, 4) is 67.5 Å². The van der Waals surface area contributed by atoms with Crippen molar-refractivity contribution in [3.05, 3.63) is 144 Å². The van der Waals surface area contributed by atoms with Crippen molar-refractivity contribution in [2.24, 2.45) is 0 Å². The minimum atomic E-state index is 0. The molecule has 8 bridgehead atoms. The molecule has 0 radical (unpaired) electrons. The molecule has 3 aromatic heterocycles. The first kappa shape index (κ1) is 50.0. The zero-order valence-corrected chi connectivity index (χ0v) is 42.5. The maximum atomic E-state index is 6.06. The molecule has 0 aliphatic carbocycles. The molecule has 0 atom stereocenters. The fraction of sp³-hybridized carbons (Fsp3) is 0.214. The second-order valence-electron chi connectivity index (χ2n) is 16.3. The van der Waals surface area contributed by atoms with Gasteiger partial charge in [-0.15, -0.1) is 0 Å². The Morgan fingerprint density at radius 3 is 0.754 bits per heavy atom. The first-order chi connectivity index (χ1) is 33.5. The predicted molar refractivity (Wildman–Crippen MR) is 298 cm³/mol. The Labute approximate surface area is 437 Å². The van der Waals surface area contributed by atoms with Crippen LogP contribution in [0.5, 0.6) is 23.0 Å². The Morgan fingerprint density at radius 1 is 0.333 bits per heavy atom. The van der Waals surface area contributed by atoms with Crippen molar-refractivity contribution < 1.29 is 36.9 Å². The van der Waals surface area contributed by atoms with Crippen LogP contribution >= 0.6 is 50.5 Å². The van der Waals surface area contributed by atoms with Crippen molar-refractivity contribution in [1.82, 2.24) is 19.9 Å². The number of ether oxygens (including phenoxy) is 4. The zero-order valence-electron chi connectivity index (χ0n) is 39.0. The van der Waals surface area contributed by atoms with Gasteiger partial charge in [0.15, 0.2) is 0 Å². The largest absolute Gasteiger partial charge is 1.00 e. The average Bonchev–Trinajstić information content (AvgIpc) is 4.23. The number of hydrogen-bond acceptors (Lipinski definition) is 10. The van der Waals surface area contributed by atoms with Crippen LogP contribution in [0.2, 0.25) is 0 Å². The van der Waals surface area contributed by atoms with E-state index in [0.29, 0.717) is 26.4 Å². The van der Waals surface area contributed by atoms with E-state index >= 15 is 0 Å². The molecule has 2 aliphatic rings. The van der Waals surface area contributed by atoms with Crippen molar-refractivity contribution in [2.75, 3.05) is 49.4 Å². The third kappa shape index (κ3) is 12.0. The van der Waals surface area contributed by atoms with E-state index in [4.69, 9.17) is 28.9 Å². The average molecular weight is 1040 g/mol. The second kappa shape index (κ2) is 24.4. The summed E-state index contributed by atoms with van der Waals surface area (Å²) in [5, 5.41) is 0. The summed E-state index contributed by atoms with van der Waals surface area (Å²) in [5.41, 5.74) is 14.7. The number of benzene rings is 4. The summed E-state index contributed by atoms with van der Waals surface area (Å²) in [6.45, 7) is 2.41. The maximum Gasteiger partial charge on any atom is 1.00 e. The topological polar surface area (TPSA) is 94.3 Å². The summed E-state index contributed by atoms with van der Waals surface area (Å²) < 4.78 is 24.2. The molecule has 5 heterocycles. The number of nitrogens with zero attached hydrogens (tertiary/aromatic N) is 2. The molecule has 0 spiro atoms. The van der Waals surface area contributed by atoms with Crippen LogP contribution < -0.4 is 18.9 Å². The number of fused-ring (bicyclic) bond motifs is 8. The number of aromatic amines is 2. The second-order valence-corrected chi connectivity index (χ2v) is 18.1. The van der Waals surface area contributed by atoms with Gasteiger partial charge in [0.2, 0.25) is 0 Å². The summed E-state index contributed by atoms with van der Waals surface area (Å²) in [4.78, 5) is 18.7. The summed E-state index contributed by atoms with van der Waals surface area (Å²) >= 11 is 17.5. The van der Waals surface area contributed by atoms with Gasteiger partial charge in [0, 0.05) is 60.8 Å². The zero-order chi connectivity index (χ0) is 46.7. The van der Waals surface area contributed by atoms with Crippen LogP contribution in [-0.4, -0.2) is 69.4 Å². The molecule has 0 saturated heterocycles. The third-order valence-electron chi connectivity index (χ3n) is 11.6. The predicted octanol–water partition coefficient (Wildman–Crippen LogP) is 14.2. The maximum absolute atomic E-state index is 6.06. The molecule has 2 N–H and O–H groups in total. The Bertz CT molecular complexity index is 2670. The standard InChI is InChI=1S/C56H54N4O4S4.Ni/c65-33-1-29-61-41-13-5-37(6-14-41)53-45-21-23-47(57-45)54(38-7-15-42(16-8-38)62-30-2-34-66)49-25-27-51(59-49)56(40-11-19-44(20-12-40)64-32-4-36-68)52-28-26-50(60-52)55(48-24-22-46(53)58-48)39-9-17-43(18-10-39)63-31-3-35-67;/h5-28,57,60,65-68H,1-4,29-36H2;/p+1. The van der Waals surface area contributed by atoms with Crippen LogP contribution in [-0.2, 0) is 16.5 Å². The molecule has 356 valence electrons. The molecule has 9 rings (SSSR count). The third-order valence-corrected chi connectivity index (χ3v) is 12.9. The molecule has 4 aromatic carbocycles. The van der Waals surface area contributed by atoms with Gasteiger partial charge in [0.05, 0.1) is 49.2 Å². The molecular weight excluding hydrogens is 980 g/mol. The van der Waals surface area contributed by atoms with Crippen molar-refractivity contribution in [3.63, 3.8) is 0 Å². The van der Waals surface area contributed by atoms with Gasteiger partial charge in [-0.25, -0.2) is 9.97 Å². The summed E-state index contributed by atoms with van der Waals surface area (Å²) in [6, 6.07) is 41.6. The normalized spacial score (nSPS) is 11.7. The van der Waals surface area contributed by atoms with Gasteiger partial charge < -0.3 is 28.9 Å². The van der Waals surface area contributed by atoms with Crippen LogP contribution in [0, 0.1) is 0 Å². The Balaban J connectivity index is 0.00000361. The number of H-pyrrole nitrogens is 2. The molecule has 0 fully saturated rings. The minimum Gasteiger partial charge on any atom is -0.494 e. The molecular formula is C56H55N4NiO4S4+. The first-order valence-electron chi connectivity index (χ1n) is 23.1. The van der Waals surface area contributed by atoms with Gasteiger partial charge >= 0.3 is 1.43 Å². The summed E-state index contributed by atoms with van der Waals surface area (Å²) in [6.07, 6.45) is 11.9. The van der Waals surface area contributed by atoms with Gasteiger partial charge in [0.1, 0.15) is 23.0 Å². The molecule has 7 aromatic rings. The number of rotatable bonds is 20. The van der Waals surface area contributed by atoms with Crippen molar-refractivity contribution in [1.29, 1.82) is 0 Å². The van der Waals surface area contributed by atoms with E-state index in [1.165, 1.54) is 0 Å². The first-order valence-corrected chi connectivity index (χ1v) is 25.6. The molecule has 69 heavy (non-hydrogen) atoms.